The van der Waals surface area contributed by atoms with Gasteiger partial charge in [0.05, 0.1) is 19.2 Å². The molecule has 1 amide bonds. The molecule has 0 unspecified atom stereocenters. The Kier molecular flexibility index (Phi) is 7.14. The van der Waals surface area contributed by atoms with E-state index >= 15 is 0 Å². The molecule has 8 nitrogen and oxygen atoms in total. The summed E-state index contributed by atoms with van der Waals surface area (Å²) in [5, 5.41) is 15.2. The van der Waals surface area contributed by atoms with Crippen molar-refractivity contribution < 1.29 is 9.53 Å². The van der Waals surface area contributed by atoms with Crippen LogP contribution in [-0.2, 0) is 11.3 Å². The van der Waals surface area contributed by atoms with Gasteiger partial charge in [-0.25, -0.2) is 4.68 Å². The quantitative estimate of drug-likeness (QED) is 0.565. The van der Waals surface area contributed by atoms with E-state index in [-0.39, 0.29) is 18.0 Å². The number of hydrogen-bond donors (Lipinski definition) is 1. The number of halogens is 1. The van der Waals surface area contributed by atoms with Crippen molar-refractivity contribution >= 4 is 23.6 Å². The van der Waals surface area contributed by atoms with E-state index in [1.165, 1.54) is 0 Å². The first-order valence-electron chi connectivity index (χ1n) is 10.4. The number of hydrogen-bond acceptors (Lipinski definition) is 6. The summed E-state index contributed by atoms with van der Waals surface area (Å²) in [5.41, 5.74) is 1.88. The topological polar surface area (TPSA) is 85.2 Å². The minimum absolute atomic E-state index is 0.0284. The number of ether oxygens (including phenoxy) is 1. The lowest BCUT2D eigenvalue weighted by Gasteiger charge is -2.22. The smallest absolute Gasteiger partial charge is 0.237 e. The van der Waals surface area contributed by atoms with Crippen molar-refractivity contribution in [2.45, 2.75) is 25.0 Å². The summed E-state index contributed by atoms with van der Waals surface area (Å²) >= 11 is 6.23. The van der Waals surface area contributed by atoms with Gasteiger partial charge in [-0.05, 0) is 34.5 Å². The van der Waals surface area contributed by atoms with Crippen LogP contribution in [0.3, 0.4) is 0 Å². The zero-order valence-electron chi connectivity index (χ0n) is 17.8. The lowest BCUT2D eigenvalue weighted by atomic mass is 10.1. The highest BCUT2D eigenvalue weighted by molar-refractivity contribution is 6.31. The van der Waals surface area contributed by atoms with Crippen LogP contribution in [0.1, 0.15) is 23.6 Å². The summed E-state index contributed by atoms with van der Waals surface area (Å²) in [6, 6.07) is 15.1. The average Bonchev–Trinajstić information content (AvgIpc) is 3.49. The summed E-state index contributed by atoms with van der Waals surface area (Å²) in [6.07, 6.45) is 6.29. The van der Waals surface area contributed by atoms with E-state index in [0.29, 0.717) is 31.1 Å². The summed E-state index contributed by atoms with van der Waals surface area (Å²) in [6.45, 7) is 1.67. The van der Waals surface area contributed by atoms with Crippen LogP contribution >= 0.6 is 11.6 Å². The predicted octanol–water partition coefficient (Wildman–Crippen LogP) is 2.98. The Hall–Kier alpha value is -3.23. The largest absolute Gasteiger partial charge is 0.496 e. The van der Waals surface area contributed by atoms with Crippen LogP contribution in [0.5, 0.6) is 5.75 Å². The molecule has 1 aromatic heterocycles. The third kappa shape index (κ3) is 5.15. The number of methoxy groups -OCH3 is 1. The monoisotopic (exact) mass is 452 g/mol. The molecule has 1 saturated heterocycles. The molecule has 32 heavy (non-hydrogen) atoms. The number of para-hydroxylation sites is 1. The fraction of sp³-hybridized carbons (Fsp3) is 0.304. The summed E-state index contributed by atoms with van der Waals surface area (Å²) < 4.78 is 7.13. The highest BCUT2D eigenvalue weighted by atomic mass is 35.5. The standard InChI is InChI=1S/C23H25ClN6O2/c1-32-22-11-5-3-7-17(22)9-6-12-29-15-19(30-16-26-27-28-30)13-21(29)23(31)25-14-18-8-2-4-10-20(18)24/h2-11,16,19,21H,12-15H2,1H3,(H,25,31)/t19-,21-/m0/s1. The van der Waals surface area contributed by atoms with E-state index in [2.05, 4.69) is 25.7 Å². The molecule has 2 heterocycles. The highest BCUT2D eigenvalue weighted by Gasteiger charge is 2.37. The molecule has 166 valence electrons. The molecule has 0 aliphatic carbocycles. The summed E-state index contributed by atoms with van der Waals surface area (Å²) in [7, 11) is 1.66. The molecular formula is C23H25ClN6O2. The first kappa shape index (κ1) is 22.0. The summed E-state index contributed by atoms with van der Waals surface area (Å²) in [5.74, 6) is 0.775. The number of amides is 1. The van der Waals surface area contributed by atoms with E-state index < -0.39 is 0 Å². The molecule has 3 aromatic rings. The molecule has 1 fully saturated rings. The SMILES string of the molecule is COc1ccccc1C=CCN1C[C@@H](n2cnnn2)C[C@H]1C(=O)NCc1ccccc1Cl. The molecule has 2 atom stereocenters. The third-order valence-corrected chi connectivity index (χ3v) is 5.98. The van der Waals surface area contributed by atoms with Crippen LogP contribution in [-0.4, -0.2) is 57.3 Å². The maximum atomic E-state index is 13.1. The number of rotatable bonds is 8. The van der Waals surface area contributed by atoms with Crippen LogP contribution in [0.25, 0.3) is 6.08 Å². The van der Waals surface area contributed by atoms with Gasteiger partial charge in [0.15, 0.2) is 0 Å². The highest BCUT2D eigenvalue weighted by Crippen LogP contribution is 2.27. The minimum Gasteiger partial charge on any atom is -0.496 e. The number of carbonyl (C=O) groups is 1. The molecule has 0 radical (unpaired) electrons. The lowest BCUT2D eigenvalue weighted by molar-refractivity contribution is -0.125. The second-order valence-corrected chi connectivity index (χ2v) is 8.01. The van der Waals surface area contributed by atoms with Crippen molar-refractivity contribution in [3.63, 3.8) is 0 Å². The number of benzene rings is 2. The van der Waals surface area contributed by atoms with Gasteiger partial charge in [-0.2, -0.15) is 0 Å². The molecule has 0 spiro atoms. The van der Waals surface area contributed by atoms with E-state index in [0.717, 1.165) is 16.9 Å². The minimum atomic E-state index is -0.297. The molecule has 2 aromatic carbocycles. The molecular weight excluding hydrogens is 428 g/mol. The Balaban J connectivity index is 1.45. The van der Waals surface area contributed by atoms with Crippen molar-refractivity contribution in [1.29, 1.82) is 0 Å². The van der Waals surface area contributed by atoms with Gasteiger partial charge in [-0.1, -0.05) is 60.2 Å². The van der Waals surface area contributed by atoms with Crippen molar-refractivity contribution in [3.8, 4) is 5.75 Å². The van der Waals surface area contributed by atoms with Gasteiger partial charge >= 0.3 is 0 Å². The number of nitrogens with zero attached hydrogens (tertiary/aromatic N) is 5. The van der Waals surface area contributed by atoms with Gasteiger partial charge in [-0.3, -0.25) is 9.69 Å². The zero-order chi connectivity index (χ0) is 22.3. The molecule has 1 aliphatic heterocycles. The van der Waals surface area contributed by atoms with Crippen molar-refractivity contribution in [2.24, 2.45) is 0 Å². The number of nitrogens with one attached hydrogen (secondary N) is 1. The Morgan fingerprint density at radius 2 is 2.06 bits per heavy atom. The number of carbonyl (C=O) groups excluding carboxylic acids is 1. The van der Waals surface area contributed by atoms with Crippen LogP contribution in [0.15, 0.2) is 60.9 Å². The summed E-state index contributed by atoms with van der Waals surface area (Å²) in [4.78, 5) is 15.2. The fourth-order valence-electron chi connectivity index (χ4n) is 3.94. The first-order valence-corrected chi connectivity index (χ1v) is 10.8. The van der Waals surface area contributed by atoms with Gasteiger partial charge in [-0.15, -0.1) is 5.10 Å². The zero-order valence-corrected chi connectivity index (χ0v) is 18.5. The number of tetrazole rings is 1. The Bertz CT molecular complexity index is 1070. The van der Waals surface area contributed by atoms with Gasteiger partial charge in [0.1, 0.15) is 12.1 Å². The normalized spacial score (nSPS) is 18.8. The van der Waals surface area contributed by atoms with E-state index in [1.54, 1.807) is 18.1 Å². The van der Waals surface area contributed by atoms with E-state index in [1.807, 2.05) is 60.7 Å². The van der Waals surface area contributed by atoms with Crippen LogP contribution in [0.4, 0.5) is 0 Å². The molecule has 0 saturated carbocycles. The van der Waals surface area contributed by atoms with Gasteiger partial charge in [0, 0.05) is 30.2 Å². The Morgan fingerprint density at radius 1 is 1.25 bits per heavy atom. The molecule has 1 N–H and O–H groups in total. The van der Waals surface area contributed by atoms with Crippen LogP contribution in [0.2, 0.25) is 5.02 Å². The van der Waals surface area contributed by atoms with Crippen molar-refractivity contribution in [1.82, 2.24) is 30.4 Å². The lowest BCUT2D eigenvalue weighted by Crippen LogP contribution is -2.43. The predicted molar refractivity (Wildman–Crippen MR) is 122 cm³/mol. The maximum absolute atomic E-state index is 13.1. The fourth-order valence-corrected chi connectivity index (χ4v) is 4.14. The maximum Gasteiger partial charge on any atom is 0.237 e. The second-order valence-electron chi connectivity index (χ2n) is 7.60. The third-order valence-electron chi connectivity index (χ3n) is 5.61. The first-order chi connectivity index (χ1) is 15.7. The average molecular weight is 453 g/mol. The van der Waals surface area contributed by atoms with E-state index in [4.69, 9.17) is 16.3 Å². The van der Waals surface area contributed by atoms with Crippen molar-refractivity contribution in [3.05, 3.63) is 77.1 Å². The van der Waals surface area contributed by atoms with Gasteiger partial charge < -0.3 is 10.1 Å². The van der Waals surface area contributed by atoms with Crippen LogP contribution < -0.4 is 10.1 Å². The molecule has 4 rings (SSSR count). The number of likely N-dealkylation sites (tertiary alicyclic amines) is 1. The van der Waals surface area contributed by atoms with Gasteiger partial charge in [0.25, 0.3) is 0 Å². The van der Waals surface area contributed by atoms with Crippen molar-refractivity contribution in [2.75, 3.05) is 20.2 Å². The molecule has 9 heteroatoms. The van der Waals surface area contributed by atoms with Gasteiger partial charge in [0.2, 0.25) is 5.91 Å². The molecule has 1 aliphatic rings. The second kappa shape index (κ2) is 10.4. The Morgan fingerprint density at radius 3 is 2.84 bits per heavy atom. The molecule has 0 bridgehead atoms. The number of aromatic nitrogens is 4. The van der Waals surface area contributed by atoms with E-state index in [9.17, 15) is 4.79 Å². The van der Waals surface area contributed by atoms with Crippen LogP contribution in [0, 0.1) is 0 Å². The Labute approximate surface area is 191 Å².